The van der Waals surface area contributed by atoms with Crippen molar-refractivity contribution in [2.45, 2.75) is 200 Å². The minimum atomic E-state index is -4.38. The maximum atomic E-state index is 12.6. The Labute approximate surface area is 336 Å². The first-order chi connectivity index (χ1) is 26.8. The van der Waals surface area contributed by atoms with Crippen LogP contribution in [0.15, 0.2) is 48.6 Å². The number of nitrogens with two attached hydrogens (primary N) is 1. The fourth-order valence-corrected chi connectivity index (χ4v) is 6.74. The number of unbranched alkanes of at least 4 members (excludes halogenated alkanes) is 20. The van der Waals surface area contributed by atoms with Gasteiger partial charge in [0.2, 0.25) is 0 Å². The monoisotopic (exact) mass is 796 g/mol. The SMILES string of the molecule is CC/C=C\C/C=C\C/C=C\C/C=C\CCCCCCC(=O)OC[C@H](COP(=O)(O)OCCN)OC(=O)CCCCCCCCCCCCCCCCCCC. The maximum absolute atomic E-state index is 12.6. The standard InChI is InChI=1S/C45H82NO8P/c1-3-5-7-9-11-13-15-17-19-21-23-25-27-29-31-33-35-37-44(47)51-41-43(42-53-55(49,50)52-40-39-46)54-45(48)38-36-34-32-30-28-26-24-22-20-18-16-14-12-10-8-6-4-2/h5,7,11,13,17,19,23,25,43H,3-4,6,8-10,12,14-16,18,20-22,24,26-42,46H2,1-2H3,(H,49,50)/b7-5-,13-11-,19-17-,25-23-/t43-/m1/s1. The number of rotatable bonds is 41. The summed E-state index contributed by atoms with van der Waals surface area (Å²) in [6.07, 6.45) is 47.1. The minimum absolute atomic E-state index is 0.0493. The van der Waals surface area contributed by atoms with E-state index < -0.39 is 32.5 Å². The van der Waals surface area contributed by atoms with Crippen LogP contribution in [0.1, 0.15) is 194 Å². The molecule has 0 fully saturated rings. The van der Waals surface area contributed by atoms with E-state index in [0.717, 1.165) is 64.2 Å². The van der Waals surface area contributed by atoms with Gasteiger partial charge in [-0.25, -0.2) is 4.57 Å². The molecule has 0 aromatic rings. The molecule has 0 spiro atoms. The van der Waals surface area contributed by atoms with E-state index in [0.29, 0.717) is 12.8 Å². The predicted molar refractivity (Wildman–Crippen MR) is 229 cm³/mol. The lowest BCUT2D eigenvalue weighted by Crippen LogP contribution is -2.29. The highest BCUT2D eigenvalue weighted by Gasteiger charge is 2.26. The molecule has 10 heteroatoms. The zero-order valence-electron chi connectivity index (χ0n) is 35.2. The van der Waals surface area contributed by atoms with Gasteiger partial charge >= 0.3 is 19.8 Å². The number of esters is 2. The molecule has 0 rings (SSSR count). The van der Waals surface area contributed by atoms with Crippen LogP contribution in [0, 0.1) is 0 Å². The van der Waals surface area contributed by atoms with Crippen LogP contribution in [0.25, 0.3) is 0 Å². The van der Waals surface area contributed by atoms with Crippen LogP contribution in [0.4, 0.5) is 0 Å². The lowest BCUT2D eigenvalue weighted by molar-refractivity contribution is -0.161. The van der Waals surface area contributed by atoms with Crippen molar-refractivity contribution >= 4 is 19.8 Å². The summed E-state index contributed by atoms with van der Waals surface area (Å²) in [6.45, 7) is 3.60. The zero-order chi connectivity index (χ0) is 40.3. The molecule has 1 unspecified atom stereocenters. The maximum Gasteiger partial charge on any atom is 0.472 e. The molecule has 0 aromatic carbocycles. The number of phosphoric ester groups is 1. The fraction of sp³-hybridized carbons (Fsp3) is 0.778. The molecule has 0 amide bonds. The van der Waals surface area contributed by atoms with Gasteiger partial charge < -0.3 is 20.1 Å². The molecule has 320 valence electrons. The Morgan fingerprint density at radius 1 is 0.564 bits per heavy atom. The molecule has 3 N–H and O–H groups in total. The largest absolute Gasteiger partial charge is 0.472 e. The van der Waals surface area contributed by atoms with E-state index in [4.69, 9.17) is 24.3 Å². The van der Waals surface area contributed by atoms with Gasteiger partial charge in [-0.2, -0.15) is 0 Å². The van der Waals surface area contributed by atoms with Gasteiger partial charge in [0, 0.05) is 19.4 Å². The summed E-state index contributed by atoms with van der Waals surface area (Å²) in [5, 5.41) is 0. The molecule has 0 saturated carbocycles. The molecule has 55 heavy (non-hydrogen) atoms. The van der Waals surface area contributed by atoms with Gasteiger partial charge in [0.05, 0.1) is 13.2 Å². The van der Waals surface area contributed by atoms with Crippen LogP contribution >= 0.6 is 7.82 Å². The average Bonchev–Trinajstić information content (AvgIpc) is 3.17. The first kappa shape index (κ1) is 53.0. The lowest BCUT2D eigenvalue weighted by Gasteiger charge is -2.19. The highest BCUT2D eigenvalue weighted by atomic mass is 31.2. The lowest BCUT2D eigenvalue weighted by atomic mass is 10.0. The number of allylic oxidation sites excluding steroid dienone is 8. The average molecular weight is 796 g/mol. The third-order valence-electron chi connectivity index (χ3n) is 9.23. The van der Waals surface area contributed by atoms with Crippen molar-refractivity contribution in [3.8, 4) is 0 Å². The van der Waals surface area contributed by atoms with Crippen molar-refractivity contribution in [2.75, 3.05) is 26.4 Å². The second-order valence-electron chi connectivity index (χ2n) is 14.5. The number of carbonyl (C=O) groups is 2. The molecule has 2 atom stereocenters. The van der Waals surface area contributed by atoms with Gasteiger partial charge in [-0.15, -0.1) is 0 Å². The van der Waals surface area contributed by atoms with Crippen molar-refractivity contribution in [2.24, 2.45) is 5.73 Å². The molecule has 0 heterocycles. The summed E-state index contributed by atoms with van der Waals surface area (Å²) in [5.74, 6) is -0.853. The van der Waals surface area contributed by atoms with Crippen molar-refractivity contribution < 1.29 is 37.6 Å². The van der Waals surface area contributed by atoms with Crippen molar-refractivity contribution in [3.05, 3.63) is 48.6 Å². The van der Waals surface area contributed by atoms with Crippen LogP contribution in [0.5, 0.6) is 0 Å². The summed E-state index contributed by atoms with van der Waals surface area (Å²) in [7, 11) is -4.38. The minimum Gasteiger partial charge on any atom is -0.462 e. The topological polar surface area (TPSA) is 134 Å². The van der Waals surface area contributed by atoms with Crippen LogP contribution in [-0.2, 0) is 32.7 Å². The third kappa shape index (κ3) is 41.4. The van der Waals surface area contributed by atoms with Crippen molar-refractivity contribution in [1.29, 1.82) is 0 Å². The van der Waals surface area contributed by atoms with E-state index >= 15 is 0 Å². The third-order valence-corrected chi connectivity index (χ3v) is 10.2. The second-order valence-corrected chi connectivity index (χ2v) is 16.0. The summed E-state index contributed by atoms with van der Waals surface area (Å²) in [6, 6.07) is 0. The molecule has 0 aliphatic rings. The van der Waals surface area contributed by atoms with Gasteiger partial charge in [0.1, 0.15) is 6.61 Å². The Bertz CT molecular complexity index is 1040. The Morgan fingerprint density at radius 2 is 1.00 bits per heavy atom. The van der Waals surface area contributed by atoms with Gasteiger partial charge in [-0.1, -0.05) is 178 Å². The van der Waals surface area contributed by atoms with E-state index in [-0.39, 0.29) is 32.6 Å². The Hall–Kier alpha value is -2.03. The van der Waals surface area contributed by atoms with E-state index in [1.54, 1.807) is 0 Å². The quantitative estimate of drug-likeness (QED) is 0.0268. The second kappa shape index (κ2) is 41.6. The first-order valence-electron chi connectivity index (χ1n) is 22.1. The van der Waals surface area contributed by atoms with E-state index in [1.165, 1.54) is 89.9 Å². The molecule has 0 aliphatic carbocycles. The van der Waals surface area contributed by atoms with E-state index in [9.17, 15) is 19.0 Å². The highest BCUT2D eigenvalue weighted by molar-refractivity contribution is 7.47. The number of carbonyl (C=O) groups excluding carboxylic acids is 2. The molecular weight excluding hydrogens is 713 g/mol. The van der Waals surface area contributed by atoms with E-state index in [1.807, 2.05) is 0 Å². The normalized spacial score (nSPS) is 13.7. The Kier molecular flexibility index (Phi) is 40.1. The fourth-order valence-electron chi connectivity index (χ4n) is 5.98. The summed E-state index contributed by atoms with van der Waals surface area (Å²) in [5.41, 5.74) is 5.35. The van der Waals surface area contributed by atoms with Crippen LogP contribution < -0.4 is 5.73 Å². The summed E-state index contributed by atoms with van der Waals surface area (Å²) >= 11 is 0. The zero-order valence-corrected chi connectivity index (χ0v) is 36.0. The molecule has 0 radical (unpaired) electrons. The van der Waals surface area contributed by atoms with Gasteiger partial charge in [0.15, 0.2) is 6.10 Å². The van der Waals surface area contributed by atoms with Gasteiger partial charge in [-0.3, -0.25) is 18.6 Å². The molecule has 0 aromatic heterocycles. The summed E-state index contributed by atoms with van der Waals surface area (Å²) < 4.78 is 32.8. The Morgan fingerprint density at radius 3 is 1.49 bits per heavy atom. The number of hydrogen-bond acceptors (Lipinski definition) is 8. The molecular formula is C45H82NO8P. The van der Waals surface area contributed by atoms with Gasteiger partial charge in [0.25, 0.3) is 0 Å². The van der Waals surface area contributed by atoms with E-state index in [2.05, 4.69) is 62.5 Å². The molecule has 0 saturated heterocycles. The molecule has 9 nitrogen and oxygen atoms in total. The molecule has 0 bridgehead atoms. The highest BCUT2D eigenvalue weighted by Crippen LogP contribution is 2.43. The summed E-state index contributed by atoms with van der Waals surface area (Å²) in [4.78, 5) is 34.9. The van der Waals surface area contributed by atoms with Gasteiger partial charge in [-0.05, 0) is 51.4 Å². The first-order valence-corrected chi connectivity index (χ1v) is 23.6. The predicted octanol–water partition coefficient (Wildman–Crippen LogP) is 12.7. The van der Waals surface area contributed by atoms with Crippen LogP contribution in [0.2, 0.25) is 0 Å². The smallest absolute Gasteiger partial charge is 0.462 e. The van der Waals surface area contributed by atoms with Crippen molar-refractivity contribution in [3.63, 3.8) is 0 Å². The number of phosphoric acid groups is 1. The Balaban J connectivity index is 4.17. The van der Waals surface area contributed by atoms with Crippen LogP contribution in [0.3, 0.4) is 0 Å². The van der Waals surface area contributed by atoms with Crippen LogP contribution in [-0.4, -0.2) is 49.3 Å². The number of ether oxygens (including phenoxy) is 2. The van der Waals surface area contributed by atoms with Crippen molar-refractivity contribution in [1.82, 2.24) is 0 Å². The molecule has 0 aliphatic heterocycles. The number of hydrogen-bond donors (Lipinski definition) is 2.